The normalized spacial score (nSPS) is 7.08. The van der Waals surface area contributed by atoms with Crippen LogP contribution in [0.4, 0.5) is 0 Å². The quantitative estimate of drug-likeness (QED) is 0.346. The van der Waals surface area contributed by atoms with Crippen LogP contribution >= 0.6 is 24.8 Å². The first-order valence-corrected chi connectivity index (χ1v) is 5.54. The number of hydrogen-bond donors (Lipinski definition) is 0. The number of benzene rings is 2. The zero-order valence-corrected chi connectivity index (χ0v) is 20.7. The van der Waals surface area contributed by atoms with Crippen molar-refractivity contribution in [3.63, 3.8) is 0 Å². The van der Waals surface area contributed by atoms with Gasteiger partial charge in [0.05, 0.1) is 0 Å². The SMILES string of the molecule is Cl.Cl.[C-]1=CC=CC1.[CH3-].[CH3-].[CH3-].[CH3-].[CH3-].[NH2-].[Zr].[c-]1ccccc1.[c-]1ccccc1. The predicted octanol–water partition coefficient (Wildman–Crippen LogP) is 8.09. The van der Waals surface area contributed by atoms with E-state index in [2.05, 4.69) is 24.3 Å². The Bertz CT molecular complexity index is 326. The van der Waals surface area contributed by atoms with E-state index in [1.807, 2.05) is 72.8 Å². The molecule has 2 aromatic carbocycles. The average molecular weight is 475 g/mol. The van der Waals surface area contributed by atoms with Crippen LogP contribution in [-0.2, 0) is 26.2 Å². The first kappa shape index (κ1) is 56.2. The predicted molar refractivity (Wildman–Crippen MR) is 124 cm³/mol. The Balaban J connectivity index is -0.0000000204. The summed E-state index contributed by atoms with van der Waals surface area (Å²) in [4.78, 5) is 0. The van der Waals surface area contributed by atoms with Crippen molar-refractivity contribution in [3.8, 4) is 0 Å². The molecule has 0 saturated carbocycles. The Morgan fingerprint density at radius 2 is 0.923 bits per heavy atom. The van der Waals surface area contributed by atoms with Crippen molar-refractivity contribution >= 4 is 24.8 Å². The molecule has 0 aliphatic heterocycles. The van der Waals surface area contributed by atoms with Crippen LogP contribution in [0.5, 0.6) is 0 Å². The fourth-order valence-corrected chi connectivity index (χ4v) is 1.02. The van der Waals surface area contributed by atoms with Crippen LogP contribution in [0.15, 0.2) is 78.9 Å². The second-order valence-electron chi connectivity index (χ2n) is 3.16. The number of halogens is 2. The number of nitrogens with two attached hydrogens (primary N) is 1. The molecule has 0 saturated heterocycles. The van der Waals surface area contributed by atoms with Gasteiger partial charge in [-0.3, -0.25) is 6.08 Å². The van der Waals surface area contributed by atoms with Gasteiger partial charge >= 0.3 is 0 Å². The van der Waals surface area contributed by atoms with E-state index in [1.54, 1.807) is 0 Å². The molecule has 0 radical (unpaired) electrons. The van der Waals surface area contributed by atoms with E-state index in [1.165, 1.54) is 0 Å². The van der Waals surface area contributed by atoms with Crippen LogP contribution in [0.2, 0.25) is 0 Å². The van der Waals surface area contributed by atoms with Crippen molar-refractivity contribution < 1.29 is 26.2 Å². The van der Waals surface area contributed by atoms with Crippen molar-refractivity contribution in [3.05, 3.63) is 140 Å². The average Bonchev–Trinajstić information content (AvgIpc) is 3.03. The Labute approximate surface area is 196 Å². The summed E-state index contributed by atoms with van der Waals surface area (Å²) in [7, 11) is 0. The van der Waals surface area contributed by atoms with Gasteiger partial charge in [-0.25, -0.2) is 12.2 Å². The Kier molecular flexibility index (Phi) is 107. The molecule has 1 aliphatic rings. The maximum absolute atomic E-state index is 2.99. The molecule has 0 amide bonds. The number of rotatable bonds is 0. The molecule has 0 spiro atoms. The van der Waals surface area contributed by atoms with E-state index in [0.29, 0.717) is 0 Å². The molecule has 154 valence electrons. The fourth-order valence-electron chi connectivity index (χ4n) is 1.02. The second-order valence-corrected chi connectivity index (χ2v) is 3.16. The largest absolute Gasteiger partial charge is 0.693 e. The number of allylic oxidation sites excluding steroid dienone is 4. The van der Waals surface area contributed by atoms with Gasteiger partial charge in [-0.05, 0) is 0 Å². The molecule has 0 bridgehead atoms. The monoisotopic (exact) mass is 472 g/mol. The molecule has 4 heteroatoms. The van der Waals surface area contributed by atoms with Gasteiger partial charge < -0.3 is 43.3 Å². The van der Waals surface area contributed by atoms with Crippen molar-refractivity contribution in [1.82, 2.24) is 0 Å². The van der Waals surface area contributed by atoms with Crippen molar-refractivity contribution in [2.45, 2.75) is 6.42 Å². The Morgan fingerprint density at radius 1 is 0.577 bits per heavy atom. The van der Waals surface area contributed by atoms with Gasteiger partial charge in [0.1, 0.15) is 0 Å². The van der Waals surface area contributed by atoms with Crippen molar-refractivity contribution in [2.75, 3.05) is 0 Å². The molecule has 0 fully saturated rings. The summed E-state index contributed by atoms with van der Waals surface area (Å²) < 4.78 is 0. The molecule has 0 atom stereocenters. The summed E-state index contributed by atoms with van der Waals surface area (Å²) in [6, 6.07) is 25.0. The van der Waals surface area contributed by atoms with E-state index in [-0.39, 0.29) is 94.3 Å². The molecule has 0 heterocycles. The van der Waals surface area contributed by atoms with Gasteiger partial charge in [0.25, 0.3) is 0 Å². The van der Waals surface area contributed by atoms with Crippen LogP contribution < -0.4 is 0 Å². The van der Waals surface area contributed by atoms with E-state index in [4.69, 9.17) is 0 Å². The summed E-state index contributed by atoms with van der Waals surface area (Å²) >= 11 is 0. The first-order valence-electron chi connectivity index (χ1n) is 5.54. The summed E-state index contributed by atoms with van der Waals surface area (Å²) in [6.07, 6.45) is 10.0. The minimum atomic E-state index is 0. The summed E-state index contributed by atoms with van der Waals surface area (Å²) in [5.74, 6) is 0. The summed E-state index contributed by atoms with van der Waals surface area (Å²) in [5.41, 5.74) is 0. The fraction of sp³-hybridized carbons (Fsp3) is 0.0455. The zero-order chi connectivity index (χ0) is 12.0. The minimum Gasteiger partial charge on any atom is -0.693 e. The van der Waals surface area contributed by atoms with Crippen LogP contribution in [0.3, 0.4) is 0 Å². The van der Waals surface area contributed by atoms with Gasteiger partial charge in [0.15, 0.2) is 0 Å². The number of hydrogen-bond acceptors (Lipinski definition) is 0. The topological polar surface area (TPSA) is 33.5 Å². The van der Waals surface area contributed by atoms with Gasteiger partial charge in [0, 0.05) is 26.2 Å². The second kappa shape index (κ2) is 49.7. The standard InChI is InChI=1S/2C6H5.C5H5.5CH3.2ClH.H2N.Zr/c2*1-2-4-6-5-3-1;1-2-4-5-3-1;;;;;;;;;/h2*1-5H;1-3H,4H2;5*1H3;2*1H;1H2;/q8*-1;;;-1;. The molecule has 2 aromatic rings. The minimum absolute atomic E-state index is 0. The van der Waals surface area contributed by atoms with Gasteiger partial charge in [-0.15, -0.1) is 31.2 Å². The summed E-state index contributed by atoms with van der Waals surface area (Å²) in [5, 5.41) is 0. The van der Waals surface area contributed by atoms with Crippen molar-refractivity contribution in [1.29, 1.82) is 0 Å². The molecular weight excluding hydrogens is 440 g/mol. The molecule has 0 unspecified atom stereocenters. The third-order valence-electron chi connectivity index (χ3n) is 1.80. The van der Waals surface area contributed by atoms with E-state index in [0.717, 1.165) is 6.42 Å². The van der Waals surface area contributed by atoms with Gasteiger partial charge in [-0.1, -0.05) is 0 Å². The third kappa shape index (κ3) is 43.6. The van der Waals surface area contributed by atoms with Crippen molar-refractivity contribution in [2.24, 2.45) is 0 Å². The molecular formula is C22H34Cl2NZr-9. The third-order valence-corrected chi connectivity index (χ3v) is 1.80. The van der Waals surface area contributed by atoms with Crippen LogP contribution in [0, 0.1) is 55.3 Å². The molecule has 1 aliphatic carbocycles. The van der Waals surface area contributed by atoms with Crippen LogP contribution in [0.25, 0.3) is 6.15 Å². The zero-order valence-electron chi connectivity index (χ0n) is 16.6. The van der Waals surface area contributed by atoms with Gasteiger partial charge in [-0.2, -0.15) is 78.9 Å². The molecule has 26 heavy (non-hydrogen) atoms. The first-order chi connectivity index (χ1) is 8.50. The Hall–Kier alpha value is -0.657. The van der Waals surface area contributed by atoms with E-state index < -0.39 is 0 Å². The maximum atomic E-state index is 2.99. The van der Waals surface area contributed by atoms with Gasteiger partial charge in [0.2, 0.25) is 0 Å². The summed E-state index contributed by atoms with van der Waals surface area (Å²) in [6.45, 7) is 0. The molecule has 1 nitrogen and oxygen atoms in total. The van der Waals surface area contributed by atoms with E-state index in [9.17, 15) is 0 Å². The Morgan fingerprint density at radius 3 is 1.00 bits per heavy atom. The molecule has 0 aromatic heterocycles. The molecule has 3 rings (SSSR count). The van der Waals surface area contributed by atoms with Crippen LogP contribution in [-0.4, -0.2) is 0 Å². The smallest absolute Gasteiger partial charge is 0 e. The maximum Gasteiger partial charge on any atom is 0 e. The van der Waals surface area contributed by atoms with E-state index >= 15 is 0 Å². The van der Waals surface area contributed by atoms with Crippen LogP contribution in [0.1, 0.15) is 6.42 Å². The molecule has 2 N–H and O–H groups in total.